The quantitative estimate of drug-likeness (QED) is 0.542. The summed E-state index contributed by atoms with van der Waals surface area (Å²) < 4.78 is 0. The lowest BCUT2D eigenvalue weighted by molar-refractivity contribution is 0.366. The molecular formula is C12H22N2. The average molecular weight is 194 g/mol. The smallest absolute Gasteiger partial charge is 0.0160 e. The lowest BCUT2D eigenvalue weighted by Crippen LogP contribution is -2.21. The van der Waals surface area contributed by atoms with Gasteiger partial charge < -0.3 is 9.80 Å². The second-order valence-electron chi connectivity index (χ2n) is 4.04. The van der Waals surface area contributed by atoms with Crippen LogP contribution in [0.5, 0.6) is 0 Å². The highest BCUT2D eigenvalue weighted by molar-refractivity contribution is 4.89. The molecule has 0 aromatic carbocycles. The van der Waals surface area contributed by atoms with Gasteiger partial charge in [-0.25, -0.2) is 0 Å². The van der Waals surface area contributed by atoms with Crippen molar-refractivity contribution in [2.75, 3.05) is 40.3 Å². The molecule has 14 heavy (non-hydrogen) atoms. The molecule has 2 aliphatic rings. The summed E-state index contributed by atoms with van der Waals surface area (Å²) >= 11 is 0. The molecule has 0 saturated heterocycles. The van der Waals surface area contributed by atoms with E-state index in [-0.39, 0.29) is 0 Å². The molecule has 2 aliphatic heterocycles. The van der Waals surface area contributed by atoms with Gasteiger partial charge in [-0.05, 0) is 26.9 Å². The molecule has 0 fully saturated rings. The van der Waals surface area contributed by atoms with Crippen LogP contribution >= 0.6 is 0 Å². The minimum absolute atomic E-state index is 1.14. The Kier molecular flexibility index (Phi) is 5.57. The van der Waals surface area contributed by atoms with Crippen molar-refractivity contribution in [1.82, 2.24) is 9.80 Å². The van der Waals surface area contributed by atoms with Crippen LogP contribution in [-0.2, 0) is 0 Å². The van der Waals surface area contributed by atoms with E-state index in [0.717, 1.165) is 13.1 Å². The fourth-order valence-electron chi connectivity index (χ4n) is 1.52. The van der Waals surface area contributed by atoms with Gasteiger partial charge >= 0.3 is 0 Å². The van der Waals surface area contributed by atoms with Crippen LogP contribution in [-0.4, -0.2) is 50.1 Å². The molecule has 0 radical (unpaired) electrons. The minimum atomic E-state index is 1.14. The fraction of sp³-hybridized carbons (Fsp3) is 0.667. The van der Waals surface area contributed by atoms with Gasteiger partial charge in [0.15, 0.2) is 0 Å². The van der Waals surface area contributed by atoms with Gasteiger partial charge in [0.05, 0.1) is 0 Å². The summed E-state index contributed by atoms with van der Waals surface area (Å²) in [5, 5.41) is 0. The van der Waals surface area contributed by atoms with Crippen LogP contribution < -0.4 is 0 Å². The summed E-state index contributed by atoms with van der Waals surface area (Å²) in [6.07, 6.45) is 11.4. The number of rotatable bonds is 0. The first-order valence-corrected chi connectivity index (χ1v) is 5.46. The van der Waals surface area contributed by atoms with Crippen LogP contribution in [0.2, 0.25) is 0 Å². The van der Waals surface area contributed by atoms with Crippen molar-refractivity contribution in [3.63, 3.8) is 0 Å². The number of hydrogen-bond donors (Lipinski definition) is 0. The second kappa shape index (κ2) is 6.80. The van der Waals surface area contributed by atoms with Crippen molar-refractivity contribution in [3.8, 4) is 0 Å². The van der Waals surface area contributed by atoms with Crippen LogP contribution in [0.4, 0.5) is 0 Å². The fourth-order valence-corrected chi connectivity index (χ4v) is 1.52. The van der Waals surface area contributed by atoms with Gasteiger partial charge in [0.25, 0.3) is 0 Å². The molecule has 0 aliphatic carbocycles. The molecule has 0 unspecified atom stereocenters. The number of hydrogen-bond acceptors (Lipinski definition) is 2. The van der Waals surface area contributed by atoms with Crippen molar-refractivity contribution in [2.45, 2.75) is 12.8 Å². The van der Waals surface area contributed by atoms with E-state index in [1.54, 1.807) is 0 Å². The van der Waals surface area contributed by atoms with E-state index in [9.17, 15) is 0 Å². The number of likely N-dealkylation sites (N-methyl/N-ethyl adjacent to an activating group) is 2. The summed E-state index contributed by atoms with van der Waals surface area (Å²) in [4.78, 5) is 4.61. The largest absolute Gasteiger partial charge is 0.302 e. The van der Waals surface area contributed by atoms with Crippen molar-refractivity contribution in [1.29, 1.82) is 0 Å². The van der Waals surface area contributed by atoms with Crippen LogP contribution in [0.3, 0.4) is 0 Å². The zero-order valence-corrected chi connectivity index (χ0v) is 9.45. The lowest BCUT2D eigenvalue weighted by atomic mass is 10.3. The molecule has 0 spiro atoms. The van der Waals surface area contributed by atoms with Gasteiger partial charge in [0.2, 0.25) is 0 Å². The predicted octanol–water partition coefficient (Wildman–Crippen LogP) is 1.76. The normalized spacial score (nSPS) is 23.0. The van der Waals surface area contributed by atoms with E-state index in [0.29, 0.717) is 0 Å². The van der Waals surface area contributed by atoms with E-state index in [2.05, 4.69) is 48.2 Å². The van der Waals surface area contributed by atoms with Crippen LogP contribution in [0.1, 0.15) is 12.8 Å². The van der Waals surface area contributed by atoms with Crippen molar-refractivity contribution in [2.24, 2.45) is 0 Å². The topological polar surface area (TPSA) is 6.48 Å². The van der Waals surface area contributed by atoms with Crippen LogP contribution in [0.15, 0.2) is 24.3 Å². The lowest BCUT2D eigenvalue weighted by Gasteiger charge is -2.15. The molecule has 0 N–H and O–H groups in total. The molecule has 2 heterocycles. The van der Waals surface area contributed by atoms with Crippen LogP contribution in [0.25, 0.3) is 0 Å². The molecule has 0 amide bonds. The first-order chi connectivity index (χ1) is 6.79. The van der Waals surface area contributed by atoms with Crippen molar-refractivity contribution in [3.05, 3.63) is 24.3 Å². The van der Waals surface area contributed by atoms with Gasteiger partial charge in [0.1, 0.15) is 0 Å². The standard InChI is InChI=1S/2C6H11N/c2*1-7-5-3-2-4-6-7/h2*2-3H,4-6H2,1H3. The van der Waals surface area contributed by atoms with Gasteiger partial charge in [-0.2, -0.15) is 0 Å². The predicted molar refractivity (Wildman–Crippen MR) is 62.5 cm³/mol. The third-order valence-corrected chi connectivity index (χ3v) is 2.52. The first kappa shape index (κ1) is 11.5. The molecule has 0 aromatic heterocycles. The Morgan fingerprint density at radius 2 is 1.14 bits per heavy atom. The maximum Gasteiger partial charge on any atom is 0.0160 e. The third-order valence-electron chi connectivity index (χ3n) is 2.52. The highest BCUT2D eigenvalue weighted by Gasteiger charge is 1.96. The maximum atomic E-state index is 2.31. The summed E-state index contributed by atoms with van der Waals surface area (Å²) in [5.41, 5.74) is 0. The molecule has 0 atom stereocenters. The zero-order chi connectivity index (χ0) is 10.2. The van der Waals surface area contributed by atoms with E-state index in [1.165, 1.54) is 25.9 Å². The van der Waals surface area contributed by atoms with Gasteiger partial charge in [-0.15, -0.1) is 0 Å². The molecule has 2 nitrogen and oxygen atoms in total. The summed E-state index contributed by atoms with van der Waals surface area (Å²) in [6, 6.07) is 0. The van der Waals surface area contributed by atoms with E-state index >= 15 is 0 Å². The summed E-state index contributed by atoms with van der Waals surface area (Å²) in [6.45, 7) is 4.74. The second-order valence-corrected chi connectivity index (χ2v) is 4.04. The molecular weight excluding hydrogens is 172 g/mol. The SMILES string of the molecule is CN1CC=CCC1.CN1CC=CCC1. The van der Waals surface area contributed by atoms with E-state index < -0.39 is 0 Å². The van der Waals surface area contributed by atoms with Crippen molar-refractivity contribution >= 4 is 0 Å². The Balaban J connectivity index is 0.000000140. The summed E-state index contributed by atoms with van der Waals surface area (Å²) in [5.74, 6) is 0. The Bertz CT molecular complexity index is 174. The van der Waals surface area contributed by atoms with Gasteiger partial charge in [0, 0.05) is 26.2 Å². The molecule has 2 heteroatoms. The minimum Gasteiger partial charge on any atom is -0.302 e. The molecule has 0 saturated carbocycles. The highest BCUT2D eigenvalue weighted by Crippen LogP contribution is 1.95. The van der Waals surface area contributed by atoms with E-state index in [4.69, 9.17) is 0 Å². The van der Waals surface area contributed by atoms with Crippen molar-refractivity contribution < 1.29 is 0 Å². The Morgan fingerprint density at radius 1 is 0.714 bits per heavy atom. The van der Waals surface area contributed by atoms with Gasteiger partial charge in [-0.1, -0.05) is 24.3 Å². The highest BCUT2D eigenvalue weighted by atomic mass is 15.1. The monoisotopic (exact) mass is 194 g/mol. The first-order valence-electron chi connectivity index (χ1n) is 5.46. The molecule has 80 valence electrons. The molecule has 0 bridgehead atoms. The summed E-state index contributed by atoms with van der Waals surface area (Å²) in [7, 11) is 4.28. The Morgan fingerprint density at radius 3 is 1.29 bits per heavy atom. The van der Waals surface area contributed by atoms with Gasteiger partial charge in [-0.3, -0.25) is 0 Å². The Hall–Kier alpha value is -0.600. The molecule has 2 rings (SSSR count). The van der Waals surface area contributed by atoms with Crippen LogP contribution in [0, 0.1) is 0 Å². The molecule has 0 aromatic rings. The maximum absolute atomic E-state index is 2.31. The average Bonchev–Trinajstić information content (AvgIpc) is 2.21. The zero-order valence-electron chi connectivity index (χ0n) is 9.45. The third kappa shape index (κ3) is 5.20. The number of nitrogens with zero attached hydrogens (tertiary/aromatic N) is 2. The van der Waals surface area contributed by atoms with E-state index in [1.807, 2.05) is 0 Å². The Labute approximate surface area is 87.9 Å².